The van der Waals surface area contributed by atoms with Crippen LogP contribution >= 0.6 is 0 Å². The molecular weight excluding hydrogens is 128 g/mol. The van der Waals surface area contributed by atoms with Crippen molar-refractivity contribution in [3.05, 3.63) is 10.1 Å². The van der Waals surface area contributed by atoms with Gasteiger partial charge in [-0.25, -0.2) is 0 Å². The average Bonchev–Trinajstić information content (AvgIpc) is 1.63. The van der Waals surface area contributed by atoms with Crippen LogP contribution in [0.3, 0.4) is 0 Å². The van der Waals surface area contributed by atoms with Gasteiger partial charge in [0.05, 0.1) is 0 Å². The molecule has 0 spiro atoms. The topological polar surface area (TPSA) is 95.5 Å². The molecular formula is C3H6N2O4. The van der Waals surface area contributed by atoms with Crippen molar-refractivity contribution in [3.63, 3.8) is 0 Å². The summed E-state index contributed by atoms with van der Waals surface area (Å²) in [4.78, 5) is 23.3. The zero-order valence-electron chi connectivity index (χ0n) is 4.73. The molecule has 0 bridgehead atoms. The third kappa shape index (κ3) is 3.27. The van der Waals surface area contributed by atoms with Gasteiger partial charge in [0.1, 0.15) is 0 Å². The van der Waals surface area contributed by atoms with Crippen LogP contribution in [0.4, 0.5) is 0 Å². The second-order valence-corrected chi connectivity index (χ2v) is 1.37. The number of nitrogens with zero attached hydrogens (tertiary/aromatic N) is 1. The van der Waals surface area contributed by atoms with Crippen LogP contribution in [0.2, 0.25) is 0 Å². The van der Waals surface area contributed by atoms with Crippen LogP contribution in [-0.2, 0) is 9.63 Å². The van der Waals surface area contributed by atoms with Crippen LogP contribution in [0.5, 0.6) is 0 Å². The quantitative estimate of drug-likeness (QED) is 0.398. The molecule has 0 aliphatic heterocycles. The highest BCUT2D eigenvalue weighted by atomic mass is 17.0. The van der Waals surface area contributed by atoms with E-state index in [1.165, 1.54) is 6.92 Å². The molecule has 0 fully saturated rings. The van der Waals surface area contributed by atoms with Crippen molar-refractivity contribution < 1.29 is 14.7 Å². The smallest absolute Gasteiger partial charge is 0.295 e. The first-order chi connectivity index (χ1) is 4.04. The minimum atomic E-state index is -1.17. The summed E-state index contributed by atoms with van der Waals surface area (Å²) >= 11 is 0. The molecule has 6 nitrogen and oxygen atoms in total. The van der Waals surface area contributed by atoms with Gasteiger partial charge in [-0.2, -0.15) is 0 Å². The minimum Gasteiger partial charge on any atom is -0.368 e. The Morgan fingerprint density at radius 2 is 2.33 bits per heavy atom. The van der Waals surface area contributed by atoms with Crippen molar-refractivity contribution in [1.29, 1.82) is 0 Å². The van der Waals surface area contributed by atoms with Crippen LogP contribution in [-0.4, -0.2) is 17.1 Å². The number of hydrogen-bond acceptors (Lipinski definition) is 4. The fraction of sp³-hybridized carbons (Fsp3) is 0.667. The van der Waals surface area contributed by atoms with E-state index in [2.05, 4.69) is 10.6 Å². The molecule has 0 radical (unpaired) electrons. The Morgan fingerprint density at radius 3 is 2.44 bits per heavy atom. The van der Waals surface area contributed by atoms with Crippen molar-refractivity contribution in [2.24, 2.45) is 5.73 Å². The summed E-state index contributed by atoms with van der Waals surface area (Å²) in [7, 11) is 0. The van der Waals surface area contributed by atoms with Crippen LogP contribution in [0.15, 0.2) is 0 Å². The molecule has 1 atom stereocenters. The SMILES string of the molecule is CC(O[N+](=O)[O-])C(N)=O. The molecule has 52 valence electrons. The molecule has 2 N–H and O–H groups in total. The fourth-order valence-electron chi connectivity index (χ4n) is 0.181. The van der Waals surface area contributed by atoms with Crippen molar-refractivity contribution in [2.45, 2.75) is 13.0 Å². The second kappa shape index (κ2) is 2.85. The van der Waals surface area contributed by atoms with Gasteiger partial charge < -0.3 is 10.6 Å². The molecule has 0 aromatic rings. The third-order valence-corrected chi connectivity index (χ3v) is 0.645. The fourth-order valence-corrected chi connectivity index (χ4v) is 0.181. The Balaban J connectivity index is 3.63. The van der Waals surface area contributed by atoms with Crippen molar-refractivity contribution in [1.82, 2.24) is 0 Å². The van der Waals surface area contributed by atoms with Crippen molar-refractivity contribution in [3.8, 4) is 0 Å². The molecule has 6 heteroatoms. The van der Waals surface area contributed by atoms with Gasteiger partial charge in [0, 0.05) is 0 Å². The first kappa shape index (κ1) is 7.67. The van der Waals surface area contributed by atoms with E-state index in [9.17, 15) is 14.9 Å². The molecule has 0 saturated heterocycles. The van der Waals surface area contributed by atoms with E-state index >= 15 is 0 Å². The molecule has 0 aromatic carbocycles. The summed E-state index contributed by atoms with van der Waals surface area (Å²) in [6.07, 6.45) is -1.17. The third-order valence-electron chi connectivity index (χ3n) is 0.645. The van der Waals surface area contributed by atoms with Crippen LogP contribution in [0.1, 0.15) is 6.92 Å². The lowest BCUT2D eigenvalue weighted by atomic mass is 10.4. The van der Waals surface area contributed by atoms with E-state index in [4.69, 9.17) is 0 Å². The lowest BCUT2D eigenvalue weighted by Gasteiger charge is -2.01. The van der Waals surface area contributed by atoms with Gasteiger partial charge in [0.15, 0.2) is 6.10 Å². The first-order valence-electron chi connectivity index (χ1n) is 2.14. The maximum Gasteiger partial charge on any atom is 0.295 e. The highest BCUT2D eigenvalue weighted by Gasteiger charge is 2.11. The normalized spacial score (nSPS) is 12.1. The predicted octanol–water partition coefficient (Wildman–Crippen LogP) is -0.932. The summed E-state index contributed by atoms with van der Waals surface area (Å²) in [5.74, 6) is -0.855. The summed E-state index contributed by atoms with van der Waals surface area (Å²) in [5, 5.41) is 8.43. The Morgan fingerprint density at radius 1 is 1.89 bits per heavy atom. The number of primary amides is 1. The van der Waals surface area contributed by atoms with Crippen LogP contribution in [0, 0.1) is 10.1 Å². The summed E-state index contributed by atoms with van der Waals surface area (Å²) in [6.45, 7) is 1.20. The second-order valence-electron chi connectivity index (χ2n) is 1.37. The van der Waals surface area contributed by atoms with E-state index in [1.54, 1.807) is 0 Å². The van der Waals surface area contributed by atoms with Gasteiger partial charge in [-0.05, 0) is 6.92 Å². The van der Waals surface area contributed by atoms with Gasteiger partial charge >= 0.3 is 0 Å². The lowest BCUT2D eigenvalue weighted by Crippen LogP contribution is -2.29. The lowest BCUT2D eigenvalue weighted by molar-refractivity contribution is -0.763. The minimum absolute atomic E-state index is 0.855. The summed E-state index contributed by atoms with van der Waals surface area (Å²) < 4.78 is 0. The Kier molecular flexibility index (Phi) is 2.43. The molecule has 0 aliphatic carbocycles. The van der Waals surface area contributed by atoms with E-state index in [-0.39, 0.29) is 0 Å². The van der Waals surface area contributed by atoms with Crippen molar-refractivity contribution in [2.75, 3.05) is 0 Å². The first-order valence-corrected chi connectivity index (χ1v) is 2.14. The Bertz CT molecular complexity index is 134. The molecule has 0 aliphatic rings. The van der Waals surface area contributed by atoms with Gasteiger partial charge in [-0.15, -0.1) is 10.1 Å². The van der Waals surface area contributed by atoms with Gasteiger partial charge in [0.2, 0.25) is 5.91 Å². The molecule has 0 saturated carbocycles. The van der Waals surface area contributed by atoms with Crippen LogP contribution in [0.25, 0.3) is 0 Å². The molecule has 0 rings (SSSR count). The van der Waals surface area contributed by atoms with Crippen molar-refractivity contribution >= 4 is 5.91 Å². The molecule has 9 heavy (non-hydrogen) atoms. The van der Waals surface area contributed by atoms with Gasteiger partial charge in [-0.1, -0.05) is 0 Å². The zero-order chi connectivity index (χ0) is 7.44. The van der Waals surface area contributed by atoms with E-state index < -0.39 is 17.1 Å². The number of amides is 1. The monoisotopic (exact) mass is 134 g/mol. The number of rotatable bonds is 3. The largest absolute Gasteiger partial charge is 0.368 e. The Hall–Kier alpha value is -1.33. The van der Waals surface area contributed by atoms with E-state index in [1.807, 2.05) is 0 Å². The van der Waals surface area contributed by atoms with Gasteiger partial charge in [0.25, 0.3) is 5.09 Å². The van der Waals surface area contributed by atoms with E-state index in [0.29, 0.717) is 0 Å². The predicted molar refractivity (Wildman–Crippen MR) is 26.7 cm³/mol. The zero-order valence-corrected chi connectivity index (χ0v) is 4.73. The van der Waals surface area contributed by atoms with E-state index in [0.717, 1.165) is 0 Å². The molecule has 0 aromatic heterocycles. The average molecular weight is 134 g/mol. The number of carbonyl (C=O) groups is 1. The number of carbonyl (C=O) groups excluding carboxylic acids is 1. The summed E-state index contributed by atoms with van der Waals surface area (Å²) in [6, 6.07) is 0. The molecule has 1 amide bonds. The standard InChI is InChI=1S/C3H6N2O4/c1-2(3(4)6)9-5(7)8/h2H,1H3,(H2,4,6). The highest BCUT2D eigenvalue weighted by molar-refractivity contribution is 5.78. The number of hydrogen-bond donors (Lipinski definition) is 1. The molecule has 1 unspecified atom stereocenters. The van der Waals surface area contributed by atoms with Gasteiger partial charge in [-0.3, -0.25) is 4.79 Å². The maximum atomic E-state index is 10.0. The number of nitrogens with two attached hydrogens (primary N) is 1. The molecule has 0 heterocycles. The highest BCUT2D eigenvalue weighted by Crippen LogP contribution is 1.86. The summed E-state index contributed by atoms with van der Waals surface area (Å²) in [5.41, 5.74) is 4.62. The maximum absolute atomic E-state index is 10.0. The van der Waals surface area contributed by atoms with Crippen LogP contribution < -0.4 is 5.73 Å². The Labute approximate surface area is 50.7 Å².